The lowest BCUT2D eigenvalue weighted by Gasteiger charge is -2.41. The monoisotopic (exact) mass is 460 g/mol. The fourth-order valence-electron chi connectivity index (χ4n) is 3.88. The molecule has 1 unspecified atom stereocenters. The van der Waals surface area contributed by atoms with Gasteiger partial charge in [0.25, 0.3) is 0 Å². The van der Waals surface area contributed by atoms with Crippen molar-refractivity contribution in [2.24, 2.45) is 0 Å². The Morgan fingerprint density at radius 1 is 0.647 bits per heavy atom. The van der Waals surface area contributed by atoms with E-state index in [1.807, 2.05) is 91.0 Å². The molecule has 5 nitrogen and oxygen atoms in total. The van der Waals surface area contributed by atoms with Crippen LogP contribution in [0.2, 0.25) is 0 Å². The molecule has 0 bridgehead atoms. The quantitative estimate of drug-likeness (QED) is 0.343. The largest absolute Gasteiger partial charge is 0.368 e. The van der Waals surface area contributed by atoms with E-state index in [0.29, 0.717) is 33.0 Å². The van der Waals surface area contributed by atoms with Crippen LogP contribution >= 0.6 is 0 Å². The zero-order chi connectivity index (χ0) is 23.4. The summed E-state index contributed by atoms with van der Waals surface area (Å²) in [4.78, 5) is 0. The van der Waals surface area contributed by atoms with E-state index in [1.54, 1.807) is 6.08 Å². The van der Waals surface area contributed by atoms with E-state index in [1.165, 1.54) is 0 Å². The zero-order valence-corrected chi connectivity index (χ0v) is 19.3. The molecule has 3 aromatic carbocycles. The molecule has 0 N–H and O–H groups in total. The second-order valence-corrected chi connectivity index (χ2v) is 8.18. The first-order valence-corrected chi connectivity index (χ1v) is 11.6. The van der Waals surface area contributed by atoms with Crippen molar-refractivity contribution in [3.05, 3.63) is 120 Å². The van der Waals surface area contributed by atoms with Crippen molar-refractivity contribution in [2.45, 2.75) is 44.4 Å². The van der Waals surface area contributed by atoms with Gasteiger partial charge in [-0.1, -0.05) is 97.1 Å². The average Bonchev–Trinajstić information content (AvgIpc) is 2.90. The molecule has 1 heterocycles. The number of ether oxygens (including phenoxy) is 5. The molecule has 0 amide bonds. The maximum absolute atomic E-state index is 6.45. The van der Waals surface area contributed by atoms with Crippen LogP contribution in [-0.4, -0.2) is 37.8 Å². The molecule has 3 aromatic rings. The van der Waals surface area contributed by atoms with Crippen molar-refractivity contribution in [2.75, 3.05) is 13.2 Å². The maximum atomic E-state index is 6.45. The van der Waals surface area contributed by atoms with E-state index in [2.05, 4.69) is 6.58 Å². The minimum atomic E-state index is -0.584. The van der Waals surface area contributed by atoms with Crippen LogP contribution < -0.4 is 0 Å². The van der Waals surface area contributed by atoms with E-state index >= 15 is 0 Å². The Labute approximate surface area is 201 Å². The standard InChI is InChI=1S/C29H32O5/c1-2-18-30-29-28(33-21-25-16-10-5-11-17-25)27(32-20-24-14-8-4-9-15-24)26(22-34-29)31-19-23-12-6-3-7-13-23/h2-17,26-29H,1,18-22H2/t26-,27+,28?,29-/m1/s1. The van der Waals surface area contributed by atoms with Crippen LogP contribution in [0.4, 0.5) is 0 Å². The number of benzene rings is 3. The first-order chi connectivity index (χ1) is 16.8. The van der Waals surface area contributed by atoms with Crippen molar-refractivity contribution in [1.29, 1.82) is 0 Å². The summed E-state index contributed by atoms with van der Waals surface area (Å²) >= 11 is 0. The van der Waals surface area contributed by atoms with Crippen LogP contribution in [0.15, 0.2) is 104 Å². The lowest BCUT2D eigenvalue weighted by atomic mass is 10.0. The normalized spacial score (nSPS) is 22.4. The van der Waals surface area contributed by atoms with E-state index in [-0.39, 0.29) is 12.2 Å². The van der Waals surface area contributed by atoms with Gasteiger partial charge in [-0.2, -0.15) is 0 Å². The summed E-state index contributed by atoms with van der Waals surface area (Å²) in [5.74, 6) is 0. The van der Waals surface area contributed by atoms with Gasteiger partial charge in [0, 0.05) is 0 Å². The number of hydrogen-bond acceptors (Lipinski definition) is 5. The summed E-state index contributed by atoms with van der Waals surface area (Å²) in [7, 11) is 0. The Balaban J connectivity index is 1.51. The second-order valence-electron chi connectivity index (χ2n) is 8.18. The molecule has 0 radical (unpaired) electrons. The Morgan fingerprint density at radius 2 is 1.12 bits per heavy atom. The van der Waals surface area contributed by atoms with Crippen molar-refractivity contribution in [3.63, 3.8) is 0 Å². The van der Waals surface area contributed by atoms with Crippen LogP contribution in [0.1, 0.15) is 16.7 Å². The summed E-state index contributed by atoms with van der Waals surface area (Å²) in [6.45, 7) is 5.78. The van der Waals surface area contributed by atoms with Crippen molar-refractivity contribution in [3.8, 4) is 0 Å². The molecule has 1 aliphatic heterocycles. The average molecular weight is 461 g/mol. The van der Waals surface area contributed by atoms with E-state index < -0.39 is 12.4 Å². The van der Waals surface area contributed by atoms with Gasteiger partial charge in [0.1, 0.15) is 18.3 Å². The van der Waals surface area contributed by atoms with Crippen LogP contribution in [0, 0.1) is 0 Å². The summed E-state index contributed by atoms with van der Waals surface area (Å²) in [5, 5.41) is 0. The highest BCUT2D eigenvalue weighted by molar-refractivity contribution is 5.15. The summed E-state index contributed by atoms with van der Waals surface area (Å²) in [5.41, 5.74) is 3.25. The molecule has 1 aliphatic rings. The molecular formula is C29H32O5. The van der Waals surface area contributed by atoms with E-state index in [4.69, 9.17) is 23.7 Å². The maximum Gasteiger partial charge on any atom is 0.186 e. The SMILES string of the molecule is C=CCO[C@@H]1OC[C@@H](OCc2ccccc2)[C@H](OCc2ccccc2)C1OCc1ccccc1. The molecule has 4 rings (SSSR count). The molecule has 4 atom stereocenters. The van der Waals surface area contributed by atoms with Crippen LogP contribution in [-0.2, 0) is 43.5 Å². The van der Waals surface area contributed by atoms with Gasteiger partial charge in [0.05, 0.1) is 33.0 Å². The zero-order valence-electron chi connectivity index (χ0n) is 19.3. The first-order valence-electron chi connectivity index (χ1n) is 11.6. The van der Waals surface area contributed by atoms with Gasteiger partial charge in [0.15, 0.2) is 6.29 Å². The topological polar surface area (TPSA) is 46.2 Å². The number of rotatable bonds is 12. The van der Waals surface area contributed by atoms with Gasteiger partial charge < -0.3 is 23.7 Å². The highest BCUT2D eigenvalue weighted by Crippen LogP contribution is 2.27. The first kappa shape index (κ1) is 24.3. The minimum absolute atomic E-state index is 0.312. The van der Waals surface area contributed by atoms with Gasteiger partial charge in [-0.3, -0.25) is 0 Å². The smallest absolute Gasteiger partial charge is 0.186 e. The highest BCUT2D eigenvalue weighted by Gasteiger charge is 2.43. The van der Waals surface area contributed by atoms with Crippen LogP contribution in [0.3, 0.4) is 0 Å². The molecule has 178 valence electrons. The molecule has 1 saturated heterocycles. The summed E-state index contributed by atoms with van der Waals surface area (Å²) in [6, 6.07) is 30.2. The molecule has 34 heavy (non-hydrogen) atoms. The molecule has 0 aliphatic carbocycles. The van der Waals surface area contributed by atoms with Crippen LogP contribution in [0.25, 0.3) is 0 Å². The van der Waals surface area contributed by atoms with Gasteiger partial charge in [-0.15, -0.1) is 6.58 Å². The Hall–Kier alpha value is -2.80. The van der Waals surface area contributed by atoms with Gasteiger partial charge in [0.2, 0.25) is 0 Å². The molecule has 1 fully saturated rings. The summed E-state index contributed by atoms with van der Waals surface area (Å²) < 4.78 is 31.1. The minimum Gasteiger partial charge on any atom is -0.368 e. The van der Waals surface area contributed by atoms with Gasteiger partial charge in [-0.05, 0) is 16.7 Å². The fraction of sp³-hybridized carbons (Fsp3) is 0.310. The summed E-state index contributed by atoms with van der Waals surface area (Å²) in [6.07, 6.45) is -0.0444. The fourth-order valence-corrected chi connectivity index (χ4v) is 3.88. The van der Waals surface area contributed by atoms with Crippen molar-refractivity contribution in [1.82, 2.24) is 0 Å². The molecule has 5 heteroatoms. The number of hydrogen-bond donors (Lipinski definition) is 0. The molecular weight excluding hydrogens is 428 g/mol. The van der Waals surface area contributed by atoms with Crippen LogP contribution in [0.5, 0.6) is 0 Å². The molecule has 0 saturated carbocycles. The Morgan fingerprint density at radius 3 is 1.62 bits per heavy atom. The lowest BCUT2D eigenvalue weighted by molar-refractivity contribution is -0.297. The van der Waals surface area contributed by atoms with Gasteiger partial charge in [-0.25, -0.2) is 0 Å². The van der Waals surface area contributed by atoms with Crippen molar-refractivity contribution < 1.29 is 23.7 Å². The van der Waals surface area contributed by atoms with Crippen molar-refractivity contribution >= 4 is 0 Å². The van der Waals surface area contributed by atoms with Gasteiger partial charge >= 0.3 is 0 Å². The highest BCUT2D eigenvalue weighted by atomic mass is 16.7. The third-order valence-corrected chi connectivity index (χ3v) is 5.64. The third kappa shape index (κ3) is 7.10. The Bertz CT molecular complexity index is 964. The predicted molar refractivity (Wildman–Crippen MR) is 131 cm³/mol. The predicted octanol–water partition coefficient (Wildman–Crippen LogP) is 5.30. The van der Waals surface area contributed by atoms with E-state index in [9.17, 15) is 0 Å². The molecule has 0 spiro atoms. The Kier molecular flexibility index (Phi) is 9.43. The van der Waals surface area contributed by atoms with E-state index in [0.717, 1.165) is 16.7 Å². The molecule has 0 aromatic heterocycles. The lowest BCUT2D eigenvalue weighted by Crippen LogP contribution is -2.56. The third-order valence-electron chi connectivity index (χ3n) is 5.64. The second kappa shape index (κ2) is 13.2.